The molecule has 6 rings (SSSR count). The maximum absolute atomic E-state index is 12.5. The summed E-state index contributed by atoms with van der Waals surface area (Å²) in [6.45, 7) is 11.2. The van der Waals surface area contributed by atoms with Gasteiger partial charge in [-0.15, -0.1) is 11.6 Å². The second-order valence-electron chi connectivity index (χ2n) is 14.4. The third kappa shape index (κ3) is 17.3. The number of aromatic amines is 1. The van der Waals surface area contributed by atoms with Crippen molar-refractivity contribution in [3.05, 3.63) is 128 Å². The minimum atomic E-state index is -0.151. The minimum Gasteiger partial charge on any atom is -0.363 e. The number of nitrogens with one attached hydrogen (secondary N) is 3. The van der Waals surface area contributed by atoms with E-state index in [1.54, 1.807) is 52.9 Å². The lowest BCUT2D eigenvalue weighted by Crippen LogP contribution is -2.41. The molecular weight excluding hydrogens is 772 g/mol. The van der Waals surface area contributed by atoms with Crippen LogP contribution >= 0.6 is 35.1 Å². The molecule has 0 amide bonds. The molecule has 2 aliphatic heterocycles. The van der Waals surface area contributed by atoms with Crippen molar-refractivity contribution in [1.82, 2.24) is 29.3 Å². The molecule has 0 atom stereocenters. The molecule has 0 aliphatic carbocycles. The van der Waals surface area contributed by atoms with Crippen LogP contribution in [-0.2, 0) is 6.54 Å². The molecule has 0 unspecified atom stereocenters. The summed E-state index contributed by atoms with van der Waals surface area (Å²) in [4.78, 5) is 40.2. The smallest absolute Gasteiger partial charge is 0.293 e. The van der Waals surface area contributed by atoms with Crippen molar-refractivity contribution in [2.45, 2.75) is 58.2 Å². The Morgan fingerprint density at radius 1 is 0.754 bits per heavy atom. The SMILES string of the molecule is C/C(=C\c1ccccc1)CN1CCC(Nc2ncc[nH]c2=O)CC1.CSCCCl.CSCCn1ccnc(NC2CCN(C/C(C)=C/c3ccccc3)CC2)c1=O. The average molecular weight is 834 g/mol. The number of benzene rings is 2. The molecule has 2 aromatic heterocycles. The number of hydrogen-bond acceptors (Lipinski definition) is 10. The van der Waals surface area contributed by atoms with Crippen LogP contribution in [0.1, 0.15) is 50.7 Å². The van der Waals surface area contributed by atoms with Crippen molar-refractivity contribution in [1.29, 1.82) is 0 Å². The van der Waals surface area contributed by atoms with Crippen molar-refractivity contribution in [2.75, 3.05) is 79.8 Å². The second-order valence-corrected chi connectivity index (χ2v) is 16.8. The van der Waals surface area contributed by atoms with Crippen LogP contribution in [-0.4, -0.2) is 111 Å². The molecule has 4 aromatic rings. The lowest BCUT2D eigenvalue weighted by Gasteiger charge is -2.32. The van der Waals surface area contributed by atoms with Crippen molar-refractivity contribution < 1.29 is 0 Å². The van der Waals surface area contributed by atoms with Gasteiger partial charge in [-0.3, -0.25) is 19.4 Å². The summed E-state index contributed by atoms with van der Waals surface area (Å²) in [6, 6.07) is 21.5. The van der Waals surface area contributed by atoms with E-state index in [9.17, 15) is 9.59 Å². The fourth-order valence-corrected chi connectivity index (χ4v) is 7.76. The first-order valence-electron chi connectivity index (χ1n) is 19.8. The van der Waals surface area contributed by atoms with E-state index >= 15 is 0 Å². The molecule has 0 spiro atoms. The molecule has 0 bridgehead atoms. The number of thioether (sulfide) groups is 2. The Kier molecular flexibility index (Phi) is 21.1. The van der Waals surface area contributed by atoms with Crippen LogP contribution in [0, 0.1) is 0 Å². The number of aromatic nitrogens is 4. The number of alkyl halides is 1. The van der Waals surface area contributed by atoms with Crippen molar-refractivity contribution in [2.24, 2.45) is 0 Å². The summed E-state index contributed by atoms with van der Waals surface area (Å²) < 4.78 is 1.75. The number of piperidine rings is 2. The van der Waals surface area contributed by atoms with Gasteiger partial charge in [0.05, 0.1) is 0 Å². The van der Waals surface area contributed by atoms with Crippen molar-refractivity contribution in [3.8, 4) is 0 Å². The van der Waals surface area contributed by atoms with Gasteiger partial charge in [-0.1, -0.05) is 84.0 Å². The number of likely N-dealkylation sites (tertiary alicyclic amines) is 2. The predicted octanol–water partition coefficient (Wildman–Crippen LogP) is 7.92. The number of halogens is 1. The minimum absolute atomic E-state index is 0.0133. The Bertz CT molecular complexity index is 1890. The van der Waals surface area contributed by atoms with Crippen LogP contribution in [0.4, 0.5) is 11.6 Å². The zero-order chi connectivity index (χ0) is 40.7. The predicted molar refractivity (Wildman–Crippen MR) is 247 cm³/mol. The van der Waals surface area contributed by atoms with Gasteiger partial charge < -0.3 is 20.2 Å². The molecule has 4 heterocycles. The van der Waals surface area contributed by atoms with Crippen LogP contribution in [0.15, 0.2) is 106 Å². The van der Waals surface area contributed by atoms with Crippen molar-refractivity contribution >= 4 is 58.9 Å². The van der Waals surface area contributed by atoms with E-state index in [2.05, 4.69) is 116 Å². The van der Waals surface area contributed by atoms with Gasteiger partial charge in [0.1, 0.15) is 0 Å². The largest absolute Gasteiger partial charge is 0.363 e. The monoisotopic (exact) mass is 832 g/mol. The maximum Gasteiger partial charge on any atom is 0.293 e. The third-order valence-corrected chi connectivity index (χ3v) is 11.3. The molecule has 0 radical (unpaired) electrons. The van der Waals surface area contributed by atoms with E-state index in [1.807, 2.05) is 18.4 Å². The third-order valence-electron chi connectivity index (χ3n) is 9.67. The van der Waals surface area contributed by atoms with Gasteiger partial charge in [0.2, 0.25) is 0 Å². The summed E-state index contributed by atoms with van der Waals surface area (Å²) >= 11 is 8.79. The Labute approximate surface area is 353 Å². The number of H-pyrrole nitrogens is 1. The first-order chi connectivity index (χ1) is 27.8. The Morgan fingerprint density at radius 3 is 1.70 bits per heavy atom. The molecule has 13 heteroatoms. The van der Waals surface area contributed by atoms with Gasteiger partial charge in [-0.05, 0) is 63.2 Å². The molecule has 2 saturated heterocycles. The number of nitrogens with zero attached hydrogens (tertiary/aromatic N) is 5. The number of anilines is 2. The van der Waals surface area contributed by atoms with E-state index in [1.165, 1.54) is 22.3 Å². The van der Waals surface area contributed by atoms with E-state index in [0.717, 1.165) is 88.9 Å². The molecule has 2 fully saturated rings. The van der Waals surface area contributed by atoms with Gasteiger partial charge in [-0.25, -0.2) is 9.97 Å². The highest BCUT2D eigenvalue weighted by molar-refractivity contribution is 7.98. The molecule has 10 nitrogen and oxygen atoms in total. The van der Waals surface area contributed by atoms with E-state index in [0.29, 0.717) is 23.7 Å². The van der Waals surface area contributed by atoms with Gasteiger partial charge in [0.15, 0.2) is 11.6 Å². The fraction of sp³-hybridized carbons (Fsp3) is 0.455. The Morgan fingerprint density at radius 2 is 1.25 bits per heavy atom. The quantitative estimate of drug-likeness (QED) is 0.102. The van der Waals surface area contributed by atoms with Crippen molar-refractivity contribution in [3.63, 3.8) is 0 Å². The lowest BCUT2D eigenvalue weighted by molar-refractivity contribution is 0.236. The number of hydrogen-bond donors (Lipinski definition) is 3. The molecular formula is C44H61ClN8O2S2. The highest BCUT2D eigenvalue weighted by Crippen LogP contribution is 2.17. The van der Waals surface area contributed by atoms with E-state index < -0.39 is 0 Å². The zero-order valence-electron chi connectivity index (χ0n) is 34.0. The standard InChI is InChI=1S/C22H30N4OS.C19H24N4O.C3H7ClS/c1-18(16-19-6-4-3-5-7-19)17-25-11-8-20(9-12-25)24-21-22(27)26(13-10-23-21)14-15-28-2;1-15(13-16-5-3-2-4-6-16)14-23-11-7-17(8-12-23)22-18-19(24)21-10-9-20-18;1-5-3-2-4/h3-7,10,13,16,20H,8-9,11-12,14-15,17H2,1-2H3,(H,23,24);2-6,9-10,13,17H,7-8,11-12,14H2,1H3,(H,20,22)(H,21,24);2-3H2,1H3/b18-16+;15-13+;. The van der Waals surface area contributed by atoms with Crippen LogP contribution in [0.25, 0.3) is 12.2 Å². The molecule has 3 N–H and O–H groups in total. The normalized spacial score (nSPS) is 15.9. The topological polar surface area (TPSA) is 111 Å². The molecule has 308 valence electrons. The van der Waals surface area contributed by atoms with Crippen LogP contribution in [0.5, 0.6) is 0 Å². The maximum atomic E-state index is 12.5. The van der Waals surface area contributed by atoms with Gasteiger partial charge in [0.25, 0.3) is 11.1 Å². The molecule has 2 aliphatic rings. The summed E-state index contributed by atoms with van der Waals surface area (Å²) in [5.74, 6) is 3.69. The second kappa shape index (κ2) is 26.2. The van der Waals surface area contributed by atoms with E-state index in [-0.39, 0.29) is 11.1 Å². The lowest BCUT2D eigenvalue weighted by atomic mass is 10.0. The first-order valence-corrected chi connectivity index (χ1v) is 23.1. The van der Waals surface area contributed by atoms with Gasteiger partial charge in [0, 0.05) is 100 Å². The first kappa shape index (κ1) is 45.9. The fourth-order valence-electron chi connectivity index (χ4n) is 6.77. The van der Waals surface area contributed by atoms with E-state index in [4.69, 9.17) is 11.6 Å². The molecule has 0 saturated carbocycles. The number of rotatable bonds is 15. The summed E-state index contributed by atoms with van der Waals surface area (Å²) in [5, 5.41) is 6.65. The molecule has 2 aromatic carbocycles. The highest BCUT2D eigenvalue weighted by Gasteiger charge is 2.21. The van der Waals surface area contributed by atoms with Gasteiger partial charge >= 0.3 is 0 Å². The van der Waals surface area contributed by atoms with Crippen LogP contribution in [0.2, 0.25) is 0 Å². The van der Waals surface area contributed by atoms with Gasteiger partial charge in [-0.2, -0.15) is 23.5 Å². The van der Waals surface area contributed by atoms with Crippen LogP contribution < -0.4 is 21.8 Å². The molecule has 57 heavy (non-hydrogen) atoms. The Balaban J connectivity index is 0.000000228. The highest BCUT2D eigenvalue weighted by atomic mass is 35.5. The summed E-state index contributed by atoms with van der Waals surface area (Å²) in [7, 11) is 0. The number of aryl methyl sites for hydroxylation is 1. The zero-order valence-corrected chi connectivity index (χ0v) is 36.4. The summed E-state index contributed by atoms with van der Waals surface area (Å²) in [5.41, 5.74) is 5.08. The Hall–Kier alpha value is -3.81. The average Bonchev–Trinajstić information content (AvgIpc) is 3.22. The summed E-state index contributed by atoms with van der Waals surface area (Å²) in [6.07, 6.45) is 19.4. The van der Waals surface area contributed by atoms with Crippen LogP contribution in [0.3, 0.4) is 0 Å².